The van der Waals surface area contributed by atoms with E-state index < -0.39 is 11.2 Å². The lowest BCUT2D eigenvalue weighted by Crippen LogP contribution is -2.37. The average molecular weight is 268 g/mol. The van der Waals surface area contributed by atoms with E-state index in [1.807, 2.05) is 0 Å². The van der Waals surface area contributed by atoms with Crippen molar-refractivity contribution >= 4 is 11.5 Å². The van der Waals surface area contributed by atoms with E-state index in [9.17, 15) is 14.7 Å². The minimum absolute atomic E-state index is 0.106. The van der Waals surface area contributed by atoms with Crippen LogP contribution in [-0.4, -0.2) is 26.8 Å². The van der Waals surface area contributed by atoms with Gasteiger partial charge in [-0.05, 0) is 32.6 Å². The van der Waals surface area contributed by atoms with Gasteiger partial charge in [-0.3, -0.25) is 14.3 Å². The Bertz CT molecular complexity index is 555. The van der Waals surface area contributed by atoms with Crippen molar-refractivity contribution in [2.75, 3.05) is 11.1 Å². The van der Waals surface area contributed by atoms with Crippen LogP contribution in [0.3, 0.4) is 0 Å². The second-order valence-corrected chi connectivity index (χ2v) is 4.91. The third-order valence-corrected chi connectivity index (χ3v) is 3.60. The van der Waals surface area contributed by atoms with E-state index in [0.717, 1.165) is 12.8 Å². The molecule has 0 unspecified atom stereocenters. The molecule has 0 radical (unpaired) electrons. The number of aliphatic hydroxyl groups is 1. The van der Waals surface area contributed by atoms with Gasteiger partial charge in [0.05, 0.1) is 6.10 Å². The molecule has 1 saturated carbocycles. The van der Waals surface area contributed by atoms with Crippen molar-refractivity contribution in [2.45, 2.75) is 51.3 Å². The van der Waals surface area contributed by atoms with Gasteiger partial charge in [0.15, 0.2) is 0 Å². The number of nitrogen functional groups attached to an aromatic ring is 1. The number of aromatic nitrogens is 2. The van der Waals surface area contributed by atoms with E-state index in [0.29, 0.717) is 19.4 Å². The Kier molecular flexibility index (Phi) is 3.94. The number of H-pyrrole nitrogens is 1. The fourth-order valence-corrected chi connectivity index (χ4v) is 2.47. The highest BCUT2D eigenvalue weighted by atomic mass is 16.3. The summed E-state index contributed by atoms with van der Waals surface area (Å²) in [7, 11) is 0. The molecule has 0 aliphatic heterocycles. The van der Waals surface area contributed by atoms with Crippen LogP contribution < -0.4 is 22.3 Å². The normalized spacial score (nSPS) is 23.3. The number of hydrogen-bond acceptors (Lipinski definition) is 5. The monoisotopic (exact) mass is 268 g/mol. The Labute approximate surface area is 110 Å². The van der Waals surface area contributed by atoms with Gasteiger partial charge < -0.3 is 16.2 Å². The van der Waals surface area contributed by atoms with Crippen LogP contribution >= 0.6 is 0 Å². The van der Waals surface area contributed by atoms with Crippen molar-refractivity contribution in [1.29, 1.82) is 0 Å². The zero-order valence-corrected chi connectivity index (χ0v) is 11.0. The Morgan fingerprint density at radius 2 is 2.00 bits per heavy atom. The number of aliphatic hydroxyl groups excluding tert-OH is 1. The Morgan fingerprint density at radius 3 is 2.58 bits per heavy atom. The summed E-state index contributed by atoms with van der Waals surface area (Å²) in [5, 5.41) is 12.6. The van der Waals surface area contributed by atoms with E-state index in [1.165, 1.54) is 4.57 Å². The number of rotatable bonds is 3. The molecule has 1 aromatic heterocycles. The molecule has 5 N–H and O–H groups in total. The van der Waals surface area contributed by atoms with Crippen LogP contribution in [0.25, 0.3) is 0 Å². The van der Waals surface area contributed by atoms with Gasteiger partial charge >= 0.3 is 5.69 Å². The summed E-state index contributed by atoms with van der Waals surface area (Å²) in [5.41, 5.74) is 5.14. The van der Waals surface area contributed by atoms with Crippen molar-refractivity contribution < 1.29 is 5.11 Å². The molecule has 106 valence electrons. The average Bonchev–Trinajstić information content (AvgIpc) is 2.37. The van der Waals surface area contributed by atoms with E-state index >= 15 is 0 Å². The minimum Gasteiger partial charge on any atom is -0.393 e. The first kappa shape index (κ1) is 13.7. The van der Waals surface area contributed by atoms with E-state index in [1.54, 1.807) is 6.92 Å². The lowest BCUT2D eigenvalue weighted by atomic mass is 9.93. The summed E-state index contributed by atoms with van der Waals surface area (Å²) in [4.78, 5) is 25.6. The molecule has 0 aromatic carbocycles. The number of nitrogens with one attached hydrogen (secondary N) is 2. The molecule has 1 fully saturated rings. The van der Waals surface area contributed by atoms with Gasteiger partial charge in [-0.1, -0.05) is 0 Å². The zero-order chi connectivity index (χ0) is 14.0. The smallest absolute Gasteiger partial charge is 0.330 e. The maximum Gasteiger partial charge on any atom is 0.330 e. The van der Waals surface area contributed by atoms with Gasteiger partial charge in [-0.15, -0.1) is 0 Å². The largest absolute Gasteiger partial charge is 0.393 e. The molecular weight excluding hydrogens is 248 g/mol. The van der Waals surface area contributed by atoms with Gasteiger partial charge in [-0.25, -0.2) is 4.79 Å². The highest BCUT2D eigenvalue weighted by molar-refractivity contribution is 5.60. The lowest BCUT2D eigenvalue weighted by Gasteiger charge is -2.27. The Hall–Kier alpha value is -1.76. The first-order valence-corrected chi connectivity index (χ1v) is 6.60. The molecule has 19 heavy (non-hydrogen) atoms. The first-order chi connectivity index (χ1) is 9.02. The molecule has 7 nitrogen and oxygen atoms in total. The molecular formula is C12H20N4O3. The fourth-order valence-electron chi connectivity index (χ4n) is 2.47. The summed E-state index contributed by atoms with van der Waals surface area (Å²) in [6, 6.07) is 0.106. The molecule has 1 aromatic rings. The maximum absolute atomic E-state index is 11.8. The summed E-state index contributed by atoms with van der Waals surface area (Å²) in [6.07, 6.45) is 2.74. The van der Waals surface area contributed by atoms with E-state index in [4.69, 9.17) is 5.73 Å². The van der Waals surface area contributed by atoms with Crippen LogP contribution in [0.1, 0.15) is 32.6 Å². The molecule has 0 amide bonds. The van der Waals surface area contributed by atoms with Crippen LogP contribution in [0.4, 0.5) is 11.5 Å². The van der Waals surface area contributed by atoms with Gasteiger partial charge in [0.1, 0.15) is 11.5 Å². The molecule has 0 saturated heterocycles. The molecule has 0 atom stereocenters. The SMILES string of the molecule is CCn1c(N)c(NC2CCC(O)CC2)c(=O)[nH]c1=O. The van der Waals surface area contributed by atoms with Crippen molar-refractivity contribution in [1.82, 2.24) is 9.55 Å². The zero-order valence-electron chi connectivity index (χ0n) is 11.0. The second kappa shape index (κ2) is 5.48. The van der Waals surface area contributed by atoms with Crippen molar-refractivity contribution in [3.8, 4) is 0 Å². The third-order valence-electron chi connectivity index (χ3n) is 3.60. The molecule has 2 rings (SSSR count). The van der Waals surface area contributed by atoms with Gasteiger partial charge in [0.2, 0.25) is 0 Å². The quantitative estimate of drug-likeness (QED) is 0.609. The summed E-state index contributed by atoms with van der Waals surface area (Å²) >= 11 is 0. The van der Waals surface area contributed by atoms with Gasteiger partial charge in [0.25, 0.3) is 5.56 Å². The van der Waals surface area contributed by atoms with Crippen LogP contribution in [-0.2, 0) is 6.54 Å². The minimum atomic E-state index is -0.491. The Balaban J connectivity index is 2.25. The number of nitrogens with two attached hydrogens (primary N) is 1. The predicted molar refractivity (Wildman–Crippen MR) is 73.3 cm³/mol. The first-order valence-electron chi connectivity index (χ1n) is 6.60. The molecule has 7 heteroatoms. The van der Waals surface area contributed by atoms with E-state index in [2.05, 4.69) is 10.3 Å². The molecule has 0 spiro atoms. The summed E-state index contributed by atoms with van der Waals surface area (Å²) in [6.45, 7) is 2.19. The topological polar surface area (TPSA) is 113 Å². The van der Waals surface area contributed by atoms with Crippen LogP contribution in [0.5, 0.6) is 0 Å². The fraction of sp³-hybridized carbons (Fsp3) is 0.667. The van der Waals surface area contributed by atoms with Crippen LogP contribution in [0, 0.1) is 0 Å². The molecule has 1 aliphatic carbocycles. The van der Waals surface area contributed by atoms with Crippen molar-refractivity contribution in [2.24, 2.45) is 0 Å². The van der Waals surface area contributed by atoms with Crippen molar-refractivity contribution in [3.05, 3.63) is 20.8 Å². The lowest BCUT2D eigenvalue weighted by molar-refractivity contribution is 0.126. The molecule has 1 aliphatic rings. The predicted octanol–water partition coefficient (Wildman–Crippen LogP) is -0.146. The third kappa shape index (κ3) is 2.81. The number of nitrogens with zero attached hydrogens (tertiary/aromatic N) is 1. The Morgan fingerprint density at radius 1 is 1.37 bits per heavy atom. The molecule has 0 bridgehead atoms. The number of aromatic amines is 1. The van der Waals surface area contributed by atoms with Gasteiger partial charge in [0, 0.05) is 12.6 Å². The highest BCUT2D eigenvalue weighted by Crippen LogP contribution is 2.22. The van der Waals surface area contributed by atoms with Crippen LogP contribution in [0.15, 0.2) is 9.59 Å². The van der Waals surface area contributed by atoms with Crippen LogP contribution in [0.2, 0.25) is 0 Å². The maximum atomic E-state index is 11.8. The van der Waals surface area contributed by atoms with E-state index in [-0.39, 0.29) is 23.7 Å². The number of hydrogen-bond donors (Lipinski definition) is 4. The summed E-state index contributed by atoms with van der Waals surface area (Å²) < 4.78 is 1.32. The number of anilines is 2. The molecule has 1 heterocycles. The highest BCUT2D eigenvalue weighted by Gasteiger charge is 2.21. The second-order valence-electron chi connectivity index (χ2n) is 4.91. The summed E-state index contributed by atoms with van der Waals surface area (Å²) in [5.74, 6) is 0.169. The standard InChI is InChI=1S/C12H20N4O3/c1-2-16-10(13)9(11(18)15-12(16)19)14-7-3-5-8(17)6-4-7/h7-8,14,17H,2-6,13H2,1H3,(H,15,18,19). The van der Waals surface area contributed by atoms with Gasteiger partial charge in [-0.2, -0.15) is 0 Å². The van der Waals surface area contributed by atoms with Crippen molar-refractivity contribution in [3.63, 3.8) is 0 Å².